The summed E-state index contributed by atoms with van der Waals surface area (Å²) in [4.78, 5) is 27.9. The van der Waals surface area contributed by atoms with E-state index in [1.165, 1.54) is 5.39 Å². The van der Waals surface area contributed by atoms with E-state index < -0.39 is 7.49 Å². The van der Waals surface area contributed by atoms with Crippen LogP contribution in [0.15, 0.2) is 218 Å². The average molecular weight is 764 g/mol. The molecule has 0 unspecified atom stereocenters. The average Bonchev–Trinajstić information content (AvgIpc) is 3.32. The van der Waals surface area contributed by atoms with Crippen LogP contribution in [0, 0.1) is 0 Å². The van der Waals surface area contributed by atoms with Gasteiger partial charge in [-0.2, -0.15) is 0 Å². The fourth-order valence-corrected chi connectivity index (χ4v) is 11.1. The Morgan fingerprint density at radius 3 is 1.41 bits per heavy atom. The Bertz CT molecular complexity index is 2990. The fourth-order valence-electron chi connectivity index (χ4n) is 8.08. The van der Waals surface area contributed by atoms with E-state index in [1.54, 1.807) is 0 Å². The Kier molecular flexibility index (Phi) is 9.20. The molecule has 0 spiro atoms. The van der Waals surface area contributed by atoms with Gasteiger partial charge in [0.25, 0.3) is 0 Å². The second-order valence-corrected chi connectivity index (χ2v) is 17.6. The molecule has 8 aromatic carbocycles. The minimum atomic E-state index is -3.25. The topological polar surface area (TPSA) is 58.9 Å². The number of benzene rings is 8. The van der Waals surface area contributed by atoms with E-state index in [9.17, 15) is 4.89 Å². The van der Waals surface area contributed by atoms with Crippen LogP contribution in [0.3, 0.4) is 0 Å². The molecule has 5 heteroatoms. The first kappa shape index (κ1) is 35.3. The molecule has 58 heavy (non-hydrogen) atoms. The summed E-state index contributed by atoms with van der Waals surface area (Å²) >= 11 is 0. The van der Waals surface area contributed by atoms with Crippen molar-refractivity contribution in [3.8, 4) is 56.3 Å². The first-order valence-electron chi connectivity index (χ1n) is 19.5. The number of aromatic nitrogens is 3. The molecule has 0 saturated heterocycles. The van der Waals surface area contributed by atoms with Crippen LogP contribution in [-0.4, -0.2) is 19.8 Å². The van der Waals surface area contributed by atoms with Gasteiger partial charge in [-0.1, -0.05) is 66.7 Å². The molecule has 0 radical (unpaired) electrons. The summed E-state index contributed by atoms with van der Waals surface area (Å²) in [6, 6.07) is 74.6. The van der Waals surface area contributed by atoms with Gasteiger partial charge in [-0.15, -0.1) is 0 Å². The Morgan fingerprint density at radius 1 is 0.345 bits per heavy atom. The molecule has 1 N–H and O–H groups in total. The maximum atomic E-state index is 12.6. The molecule has 10 rings (SSSR count). The molecular weight excluding hydrogens is 726 g/mol. The van der Waals surface area contributed by atoms with Gasteiger partial charge in [0, 0.05) is 21.7 Å². The third-order valence-electron chi connectivity index (χ3n) is 11.0. The third kappa shape index (κ3) is 6.45. The number of hydrogen-bond acceptors (Lipinski definition) is 4. The molecule has 276 valence electrons. The van der Waals surface area contributed by atoms with Gasteiger partial charge in [-0.3, -0.25) is 0 Å². The van der Waals surface area contributed by atoms with E-state index in [2.05, 4.69) is 121 Å². The molecule has 2 aromatic heterocycles. The second-order valence-electron chi connectivity index (χ2n) is 14.5. The van der Waals surface area contributed by atoms with Crippen LogP contribution in [0.25, 0.3) is 78.0 Å². The Hall–Kier alpha value is -7.10. The normalized spacial score (nSPS) is 11.8. The van der Waals surface area contributed by atoms with Crippen LogP contribution in [0.5, 0.6) is 0 Å². The number of hydrogen-bond donors (Lipinski definition) is 1. The molecule has 0 atom stereocenters. The van der Waals surface area contributed by atoms with Crippen LogP contribution in [0.4, 0.5) is 0 Å². The van der Waals surface area contributed by atoms with Crippen LogP contribution >= 0.6 is 7.49 Å². The first-order valence-corrected chi connectivity index (χ1v) is 21.4. The van der Waals surface area contributed by atoms with Crippen molar-refractivity contribution in [3.63, 3.8) is 0 Å². The summed E-state index contributed by atoms with van der Waals surface area (Å²) in [5.41, 5.74) is 9.85. The molecule has 10 aromatic rings. The van der Waals surface area contributed by atoms with Crippen LogP contribution in [-0.2, 0) is 0 Å². The number of pyridine rings is 1. The van der Waals surface area contributed by atoms with E-state index in [0.29, 0.717) is 5.82 Å². The Balaban J connectivity index is 1.06. The molecule has 0 bridgehead atoms. The standard InChI is InChI=1S/C53H38N3OP/c57-58(42-20-9-3-10-21-42,43-22-11-4-12-23-43)44-34-32-39(33-35-44)50-36-49(55-53(56-50)41-18-7-2-8-19-41)38-30-28-37(29-31-38)45-25-15-26-47-51(45)46-24-13-14-27-48(46)54-52(47)40-16-5-1-6-17-40/h1-36,57-58H. The maximum absolute atomic E-state index is 12.6. The van der Waals surface area contributed by atoms with Crippen LogP contribution < -0.4 is 15.9 Å². The molecular formula is C53H38N3OP. The molecule has 4 nitrogen and oxygen atoms in total. The summed E-state index contributed by atoms with van der Waals surface area (Å²) in [7, 11) is -3.25. The van der Waals surface area contributed by atoms with E-state index in [0.717, 1.165) is 82.7 Å². The van der Waals surface area contributed by atoms with E-state index in [1.807, 2.05) is 97.1 Å². The van der Waals surface area contributed by atoms with Gasteiger partial charge in [-0.05, 0) is 6.07 Å². The van der Waals surface area contributed by atoms with Gasteiger partial charge in [0.05, 0.1) is 11.2 Å². The van der Waals surface area contributed by atoms with Gasteiger partial charge >= 0.3 is 229 Å². The predicted molar refractivity (Wildman–Crippen MR) is 244 cm³/mol. The SMILES string of the molecule is O[PH](c1ccccc1)(c1ccccc1)c1ccc(-c2cc(-c3ccc(-c4cccc5c(-c6ccccc6)nc6ccccc6c45)cc3)nc(-c3ccccc3)n2)cc1. The first-order chi connectivity index (χ1) is 28.6. The molecule has 0 aliphatic carbocycles. The molecule has 0 aliphatic rings. The van der Waals surface area contributed by atoms with Gasteiger partial charge in [0.1, 0.15) is 0 Å². The summed E-state index contributed by atoms with van der Waals surface area (Å²) in [5, 5.41) is 6.24. The zero-order chi connectivity index (χ0) is 38.9. The Labute approximate surface area is 338 Å². The van der Waals surface area contributed by atoms with Gasteiger partial charge in [0.2, 0.25) is 0 Å². The zero-order valence-electron chi connectivity index (χ0n) is 31.6. The molecule has 0 fully saturated rings. The molecule has 0 aliphatic heterocycles. The predicted octanol–water partition coefficient (Wildman–Crippen LogP) is 11.4. The van der Waals surface area contributed by atoms with Crippen molar-refractivity contribution in [2.75, 3.05) is 0 Å². The van der Waals surface area contributed by atoms with E-state index >= 15 is 0 Å². The van der Waals surface area contributed by atoms with E-state index in [-0.39, 0.29) is 0 Å². The van der Waals surface area contributed by atoms with Crippen molar-refractivity contribution < 1.29 is 4.89 Å². The number of nitrogens with zero attached hydrogens (tertiary/aromatic N) is 3. The van der Waals surface area contributed by atoms with Gasteiger partial charge in [-0.25, -0.2) is 4.98 Å². The van der Waals surface area contributed by atoms with Crippen molar-refractivity contribution in [2.24, 2.45) is 0 Å². The Morgan fingerprint density at radius 2 is 0.810 bits per heavy atom. The molecule has 2 heterocycles. The zero-order valence-corrected chi connectivity index (χ0v) is 32.6. The summed E-state index contributed by atoms with van der Waals surface area (Å²) < 4.78 is 0. The third-order valence-corrected chi connectivity index (χ3v) is 14.5. The summed E-state index contributed by atoms with van der Waals surface area (Å²) in [6.45, 7) is 0. The summed E-state index contributed by atoms with van der Waals surface area (Å²) in [6.07, 6.45) is 0. The van der Waals surface area contributed by atoms with Crippen LogP contribution in [0.1, 0.15) is 0 Å². The quantitative estimate of drug-likeness (QED) is 0.124. The number of para-hydroxylation sites is 1. The number of rotatable bonds is 8. The van der Waals surface area contributed by atoms with Crippen molar-refractivity contribution in [3.05, 3.63) is 218 Å². The molecule has 0 saturated carbocycles. The monoisotopic (exact) mass is 763 g/mol. The van der Waals surface area contributed by atoms with Crippen molar-refractivity contribution >= 4 is 45.1 Å². The fraction of sp³-hybridized carbons (Fsp3) is 0. The van der Waals surface area contributed by atoms with Crippen molar-refractivity contribution in [1.29, 1.82) is 0 Å². The molecule has 0 amide bonds. The van der Waals surface area contributed by atoms with Crippen molar-refractivity contribution in [1.82, 2.24) is 15.0 Å². The second kappa shape index (κ2) is 15.1. The van der Waals surface area contributed by atoms with Gasteiger partial charge in [0.15, 0.2) is 0 Å². The summed E-state index contributed by atoms with van der Waals surface area (Å²) in [5.74, 6) is 0.655. The van der Waals surface area contributed by atoms with Crippen LogP contribution in [0.2, 0.25) is 0 Å². The van der Waals surface area contributed by atoms with E-state index in [4.69, 9.17) is 15.0 Å². The minimum absolute atomic E-state index is 0.655. The van der Waals surface area contributed by atoms with Crippen molar-refractivity contribution in [2.45, 2.75) is 0 Å². The van der Waals surface area contributed by atoms with Gasteiger partial charge < -0.3 is 0 Å². The number of fused-ring (bicyclic) bond motifs is 3.